The maximum atomic E-state index is 13.8. The number of hydrogen-bond donors (Lipinski definition) is 2. The standard InChI is InChI=1S/C18H24F7NO/c1-11(2)8-13-6-5-7-14(9-12(3)4)26(13)10-15(27)16(19,20)17(21,22)18(23,24)25/h5-6,13-15,27H,1,3,7-10H2,2,4H3/p+1/t13-,14-,15-/m0/s1. The third kappa shape index (κ3) is 5.34. The molecule has 1 rings (SSSR count). The molecule has 0 saturated carbocycles. The first-order valence-corrected chi connectivity index (χ1v) is 8.42. The Morgan fingerprint density at radius 1 is 1.07 bits per heavy atom. The molecule has 0 spiro atoms. The van der Waals surface area contributed by atoms with E-state index in [1.165, 1.54) is 0 Å². The van der Waals surface area contributed by atoms with Gasteiger partial charge in [-0.3, -0.25) is 0 Å². The summed E-state index contributed by atoms with van der Waals surface area (Å²) in [4.78, 5) is 0.314. The average Bonchev–Trinajstić information content (AvgIpc) is 2.47. The van der Waals surface area contributed by atoms with E-state index in [1.54, 1.807) is 26.0 Å². The van der Waals surface area contributed by atoms with E-state index in [-0.39, 0.29) is 6.04 Å². The molecule has 1 unspecified atom stereocenters. The van der Waals surface area contributed by atoms with Crippen LogP contribution < -0.4 is 4.90 Å². The Morgan fingerprint density at radius 2 is 1.59 bits per heavy atom. The van der Waals surface area contributed by atoms with Gasteiger partial charge in [0.2, 0.25) is 0 Å². The number of quaternary nitrogens is 1. The summed E-state index contributed by atoms with van der Waals surface area (Å²) in [5.41, 5.74) is 1.41. The monoisotopic (exact) mass is 404 g/mol. The Balaban J connectivity index is 3.14. The summed E-state index contributed by atoms with van der Waals surface area (Å²) in [5, 5.41) is 9.71. The molecular formula is C18H25F7NO+. The van der Waals surface area contributed by atoms with E-state index in [4.69, 9.17) is 0 Å². The highest BCUT2D eigenvalue weighted by atomic mass is 19.4. The Bertz CT molecular complexity index is 583. The van der Waals surface area contributed by atoms with E-state index < -0.39 is 36.7 Å². The van der Waals surface area contributed by atoms with E-state index in [9.17, 15) is 35.8 Å². The van der Waals surface area contributed by atoms with Crippen molar-refractivity contribution in [3.05, 3.63) is 36.5 Å². The highest BCUT2D eigenvalue weighted by molar-refractivity contribution is 5.04. The summed E-state index contributed by atoms with van der Waals surface area (Å²) in [6.07, 6.45) is -5.06. The zero-order valence-electron chi connectivity index (χ0n) is 15.2. The van der Waals surface area contributed by atoms with Crippen LogP contribution in [-0.2, 0) is 0 Å². The van der Waals surface area contributed by atoms with Gasteiger partial charge in [0, 0.05) is 19.3 Å². The molecule has 0 fully saturated rings. The molecule has 9 heteroatoms. The molecule has 0 aromatic rings. The number of hydrogen-bond acceptors (Lipinski definition) is 1. The van der Waals surface area contributed by atoms with Crippen molar-refractivity contribution < 1.29 is 40.7 Å². The van der Waals surface area contributed by atoms with Crippen molar-refractivity contribution in [1.29, 1.82) is 0 Å². The molecule has 0 aliphatic carbocycles. The van der Waals surface area contributed by atoms with Gasteiger partial charge in [0.1, 0.15) is 12.6 Å². The topological polar surface area (TPSA) is 24.7 Å². The van der Waals surface area contributed by atoms with Gasteiger partial charge in [-0.1, -0.05) is 30.4 Å². The van der Waals surface area contributed by atoms with Gasteiger partial charge in [-0.2, -0.15) is 30.7 Å². The van der Waals surface area contributed by atoms with Crippen molar-refractivity contribution in [1.82, 2.24) is 0 Å². The van der Waals surface area contributed by atoms with E-state index in [0.29, 0.717) is 35.3 Å². The predicted molar refractivity (Wildman–Crippen MR) is 88.0 cm³/mol. The molecule has 156 valence electrons. The molecule has 1 heterocycles. The Hall–Kier alpha value is -1.35. The van der Waals surface area contributed by atoms with Crippen LogP contribution in [0.15, 0.2) is 36.5 Å². The lowest BCUT2D eigenvalue weighted by molar-refractivity contribution is -0.948. The number of halogens is 7. The molecule has 1 aliphatic rings. The van der Waals surface area contributed by atoms with Crippen molar-refractivity contribution in [2.45, 2.75) is 69.3 Å². The number of nitrogens with one attached hydrogen (secondary N) is 1. The average molecular weight is 404 g/mol. The first-order valence-electron chi connectivity index (χ1n) is 8.42. The molecule has 4 atom stereocenters. The lowest BCUT2D eigenvalue weighted by atomic mass is 9.92. The zero-order valence-corrected chi connectivity index (χ0v) is 15.2. The smallest absolute Gasteiger partial charge is 0.381 e. The molecular weight excluding hydrogens is 379 g/mol. The lowest BCUT2D eigenvalue weighted by Crippen LogP contribution is -3.20. The second-order valence-electron chi connectivity index (χ2n) is 7.28. The van der Waals surface area contributed by atoms with Gasteiger partial charge in [-0.15, -0.1) is 0 Å². The molecule has 0 saturated heterocycles. The first-order chi connectivity index (χ1) is 12.1. The summed E-state index contributed by atoms with van der Waals surface area (Å²) in [5.74, 6) is -12.0. The fourth-order valence-corrected chi connectivity index (χ4v) is 3.26. The van der Waals surface area contributed by atoms with Gasteiger partial charge in [-0.05, 0) is 19.9 Å². The molecule has 0 aromatic carbocycles. The molecule has 2 nitrogen and oxygen atoms in total. The summed E-state index contributed by atoms with van der Waals surface area (Å²) in [6, 6.07) is -0.840. The second kappa shape index (κ2) is 8.34. The minimum Gasteiger partial charge on any atom is -0.381 e. The summed E-state index contributed by atoms with van der Waals surface area (Å²) in [7, 11) is 0. The minimum atomic E-state index is -6.47. The van der Waals surface area contributed by atoms with E-state index >= 15 is 0 Å². The molecule has 0 bridgehead atoms. The summed E-state index contributed by atoms with van der Waals surface area (Å²) >= 11 is 0. The van der Waals surface area contributed by atoms with Gasteiger partial charge < -0.3 is 10.0 Å². The Kier molecular flexibility index (Phi) is 7.32. The van der Waals surface area contributed by atoms with Crippen LogP contribution in [0.5, 0.6) is 0 Å². The lowest BCUT2D eigenvalue weighted by Gasteiger charge is -2.40. The Labute approximate surface area is 154 Å². The first kappa shape index (κ1) is 23.7. The number of aliphatic hydroxyl groups is 1. The van der Waals surface area contributed by atoms with Crippen LogP contribution in [0, 0.1) is 0 Å². The van der Waals surface area contributed by atoms with Gasteiger partial charge in [0.25, 0.3) is 0 Å². The predicted octanol–water partition coefficient (Wildman–Crippen LogP) is 3.69. The van der Waals surface area contributed by atoms with Crippen LogP contribution in [-0.4, -0.2) is 47.9 Å². The molecule has 0 aromatic heterocycles. The van der Waals surface area contributed by atoms with Crippen molar-refractivity contribution in [3.8, 4) is 0 Å². The van der Waals surface area contributed by atoms with Crippen LogP contribution in [0.2, 0.25) is 0 Å². The van der Waals surface area contributed by atoms with Gasteiger partial charge in [0.15, 0.2) is 6.10 Å². The number of alkyl halides is 7. The minimum absolute atomic E-state index is 0.314. The maximum absolute atomic E-state index is 13.8. The molecule has 0 radical (unpaired) electrons. The third-order valence-electron chi connectivity index (χ3n) is 4.58. The van der Waals surface area contributed by atoms with Crippen LogP contribution in [0.3, 0.4) is 0 Å². The highest BCUT2D eigenvalue weighted by Crippen LogP contribution is 2.47. The summed E-state index contributed by atoms with van der Waals surface area (Å²) < 4.78 is 91.3. The fraction of sp³-hybridized carbons (Fsp3) is 0.667. The van der Waals surface area contributed by atoms with Crippen LogP contribution in [0.25, 0.3) is 0 Å². The van der Waals surface area contributed by atoms with Crippen molar-refractivity contribution >= 4 is 0 Å². The molecule has 27 heavy (non-hydrogen) atoms. The SMILES string of the molecule is C=C(C)C[C@@H]1CC=C[C@@H](CC(=C)C)[NH+]1C[C@H](O)C(F)(F)C(F)(F)C(F)(F)F. The normalized spacial score (nSPS) is 25.3. The largest absolute Gasteiger partial charge is 0.459 e. The van der Waals surface area contributed by atoms with Crippen molar-refractivity contribution in [2.24, 2.45) is 0 Å². The van der Waals surface area contributed by atoms with Crippen molar-refractivity contribution in [2.75, 3.05) is 6.54 Å². The summed E-state index contributed by atoms with van der Waals surface area (Å²) in [6.45, 7) is 9.89. The number of aliphatic hydroxyl groups excluding tert-OH is 1. The second-order valence-corrected chi connectivity index (χ2v) is 7.28. The number of rotatable bonds is 8. The molecule has 2 N–H and O–H groups in total. The molecule has 1 aliphatic heterocycles. The Morgan fingerprint density at radius 3 is 2.04 bits per heavy atom. The van der Waals surface area contributed by atoms with E-state index in [1.807, 2.05) is 0 Å². The zero-order chi connectivity index (χ0) is 21.2. The van der Waals surface area contributed by atoms with E-state index in [0.717, 1.165) is 0 Å². The van der Waals surface area contributed by atoms with Crippen molar-refractivity contribution in [3.63, 3.8) is 0 Å². The van der Waals surface area contributed by atoms with E-state index in [2.05, 4.69) is 13.2 Å². The van der Waals surface area contributed by atoms with Gasteiger partial charge in [-0.25, -0.2) is 0 Å². The fourth-order valence-electron chi connectivity index (χ4n) is 3.26. The van der Waals surface area contributed by atoms with Crippen LogP contribution in [0.1, 0.15) is 33.1 Å². The maximum Gasteiger partial charge on any atom is 0.459 e. The van der Waals surface area contributed by atoms with Gasteiger partial charge in [0.05, 0.1) is 6.04 Å². The van der Waals surface area contributed by atoms with Crippen LogP contribution >= 0.6 is 0 Å². The molecule has 0 amide bonds. The quantitative estimate of drug-likeness (QED) is 0.468. The highest BCUT2D eigenvalue weighted by Gasteiger charge is 2.75. The van der Waals surface area contributed by atoms with Crippen LogP contribution in [0.4, 0.5) is 30.7 Å². The third-order valence-corrected chi connectivity index (χ3v) is 4.58. The van der Waals surface area contributed by atoms with Gasteiger partial charge >= 0.3 is 18.0 Å².